The lowest BCUT2D eigenvalue weighted by Crippen LogP contribution is -2.30. The van der Waals surface area contributed by atoms with E-state index in [9.17, 15) is 4.79 Å². The normalized spacial score (nSPS) is 9.67. The molecule has 0 saturated carbocycles. The van der Waals surface area contributed by atoms with Gasteiger partial charge in [-0.25, -0.2) is 4.79 Å². The third-order valence-corrected chi connectivity index (χ3v) is 6.12. The summed E-state index contributed by atoms with van der Waals surface area (Å²) >= 11 is 3.36. The lowest BCUT2D eigenvalue weighted by molar-refractivity contribution is 0.146. The van der Waals surface area contributed by atoms with Crippen LogP contribution in [0.4, 0.5) is 16.2 Å². The van der Waals surface area contributed by atoms with E-state index in [1.165, 1.54) is 5.56 Å². The summed E-state index contributed by atoms with van der Waals surface area (Å²) in [6.07, 6.45) is -0.353. The second-order valence-electron chi connectivity index (χ2n) is 8.48. The van der Waals surface area contributed by atoms with Gasteiger partial charge < -0.3 is 10.5 Å². The van der Waals surface area contributed by atoms with Crippen molar-refractivity contribution in [3.63, 3.8) is 0 Å². The van der Waals surface area contributed by atoms with E-state index in [0.29, 0.717) is 6.54 Å². The Labute approximate surface area is 239 Å². The van der Waals surface area contributed by atoms with Gasteiger partial charge in [-0.15, -0.1) is 0 Å². The lowest BCUT2D eigenvalue weighted by Gasteiger charge is -2.22. The lowest BCUT2D eigenvalue weighted by atomic mass is 10.2. The Morgan fingerprint density at radius 2 is 1.00 bits per heavy atom. The number of ether oxygens (including phenoxy) is 1. The molecule has 0 aromatic heterocycles. The Kier molecular flexibility index (Phi) is 12.9. The van der Waals surface area contributed by atoms with E-state index in [1.54, 1.807) is 4.90 Å². The van der Waals surface area contributed by atoms with Crippen LogP contribution in [-0.4, -0.2) is 6.09 Å². The first-order chi connectivity index (χ1) is 19.2. The summed E-state index contributed by atoms with van der Waals surface area (Å²) in [7, 11) is 0. The third kappa shape index (κ3) is 11.3. The molecule has 0 radical (unpaired) electrons. The van der Waals surface area contributed by atoms with E-state index < -0.39 is 0 Å². The predicted molar refractivity (Wildman–Crippen MR) is 166 cm³/mol. The van der Waals surface area contributed by atoms with E-state index in [1.807, 2.05) is 140 Å². The molecule has 0 aliphatic heterocycles. The minimum atomic E-state index is -0.353. The molecule has 5 aromatic rings. The molecule has 0 heterocycles. The van der Waals surface area contributed by atoms with Crippen molar-refractivity contribution in [3.05, 3.63) is 168 Å². The van der Waals surface area contributed by atoms with Gasteiger partial charge in [0.05, 0.1) is 6.54 Å². The van der Waals surface area contributed by atoms with Gasteiger partial charge in [0.15, 0.2) is 0 Å². The summed E-state index contributed by atoms with van der Waals surface area (Å²) < 4.78 is 5.50. The quantitative estimate of drug-likeness (QED) is 0.161. The minimum absolute atomic E-state index is 0.262. The summed E-state index contributed by atoms with van der Waals surface area (Å²) in [5.74, 6) is 0. The van der Waals surface area contributed by atoms with Crippen molar-refractivity contribution >= 4 is 33.4 Å². The van der Waals surface area contributed by atoms with E-state index in [2.05, 4.69) is 28.1 Å². The van der Waals surface area contributed by atoms with Gasteiger partial charge in [0.2, 0.25) is 0 Å². The van der Waals surface area contributed by atoms with Crippen LogP contribution in [0, 0.1) is 0 Å². The van der Waals surface area contributed by atoms with Gasteiger partial charge in [0.25, 0.3) is 0 Å². The largest absolute Gasteiger partial charge is 0.444 e. The molecule has 5 aromatic carbocycles. The zero-order valence-corrected chi connectivity index (χ0v) is 23.4. The van der Waals surface area contributed by atoms with Crippen LogP contribution in [0.3, 0.4) is 0 Å². The fourth-order valence-electron chi connectivity index (χ4n) is 3.45. The molecule has 0 spiro atoms. The highest BCUT2D eigenvalue weighted by atomic mass is 79.9. The second kappa shape index (κ2) is 17.2. The van der Waals surface area contributed by atoms with E-state index in [0.717, 1.165) is 27.8 Å². The second-order valence-corrected chi connectivity index (χ2v) is 9.04. The molecule has 0 atom stereocenters. The smallest absolute Gasteiger partial charge is 0.414 e. The van der Waals surface area contributed by atoms with Crippen LogP contribution in [0.25, 0.3) is 0 Å². The molecular formula is C34H33BrN2O2. The highest BCUT2D eigenvalue weighted by molar-refractivity contribution is 9.08. The number of anilines is 2. The van der Waals surface area contributed by atoms with Crippen molar-refractivity contribution in [2.45, 2.75) is 18.5 Å². The number of hydrogen-bond acceptors (Lipinski definition) is 3. The molecule has 1 amide bonds. The van der Waals surface area contributed by atoms with Crippen molar-refractivity contribution in [3.8, 4) is 0 Å². The summed E-state index contributed by atoms with van der Waals surface area (Å²) in [5.41, 5.74) is 10.3. The van der Waals surface area contributed by atoms with Crippen molar-refractivity contribution in [1.82, 2.24) is 0 Å². The summed E-state index contributed by atoms with van der Waals surface area (Å²) in [6, 6.07) is 48.9. The maximum atomic E-state index is 12.6. The molecular weight excluding hydrogens is 548 g/mol. The van der Waals surface area contributed by atoms with Crippen LogP contribution in [0.15, 0.2) is 152 Å². The zero-order valence-electron chi connectivity index (χ0n) is 21.8. The van der Waals surface area contributed by atoms with E-state index >= 15 is 0 Å². The number of para-hydroxylation sites is 2. The van der Waals surface area contributed by atoms with Crippen LogP contribution in [-0.2, 0) is 23.2 Å². The molecule has 2 N–H and O–H groups in total. The van der Waals surface area contributed by atoms with Gasteiger partial charge in [-0.05, 0) is 41.0 Å². The number of nitrogens with two attached hydrogens (primary N) is 1. The number of alkyl halides is 1. The number of halogens is 1. The van der Waals surface area contributed by atoms with Crippen LogP contribution in [0.2, 0.25) is 0 Å². The monoisotopic (exact) mass is 580 g/mol. The molecule has 0 unspecified atom stereocenters. The zero-order chi connectivity index (χ0) is 27.5. The molecule has 5 rings (SSSR count). The summed E-state index contributed by atoms with van der Waals surface area (Å²) in [4.78, 5) is 14.3. The van der Waals surface area contributed by atoms with Crippen molar-refractivity contribution in [2.75, 3.05) is 10.6 Å². The Bertz CT molecular complexity index is 1320. The van der Waals surface area contributed by atoms with E-state index in [-0.39, 0.29) is 12.7 Å². The van der Waals surface area contributed by atoms with Gasteiger partial charge in [-0.1, -0.05) is 143 Å². The number of carbonyl (C=O) groups is 1. The van der Waals surface area contributed by atoms with Gasteiger partial charge in [0, 0.05) is 16.7 Å². The Balaban J connectivity index is 0.000000227. The molecule has 4 nitrogen and oxygen atoms in total. The van der Waals surface area contributed by atoms with Gasteiger partial charge in [-0.2, -0.15) is 0 Å². The summed E-state index contributed by atoms with van der Waals surface area (Å²) in [5, 5.41) is 0.952. The Morgan fingerprint density at radius 1 is 0.590 bits per heavy atom. The van der Waals surface area contributed by atoms with Crippen LogP contribution in [0.5, 0.6) is 0 Å². The number of rotatable bonds is 6. The SMILES string of the molecule is BrCc1ccccc1.Nc1ccccc1.O=C(OCc1ccccc1)N(Cc1ccccc1)c1ccccc1. The maximum absolute atomic E-state index is 12.6. The van der Waals surface area contributed by atoms with E-state index in [4.69, 9.17) is 10.5 Å². The highest BCUT2D eigenvalue weighted by Crippen LogP contribution is 2.18. The van der Waals surface area contributed by atoms with Gasteiger partial charge >= 0.3 is 6.09 Å². The van der Waals surface area contributed by atoms with Crippen molar-refractivity contribution in [2.24, 2.45) is 0 Å². The number of nitrogen functional groups attached to an aromatic ring is 1. The first-order valence-electron chi connectivity index (χ1n) is 12.6. The first-order valence-corrected chi connectivity index (χ1v) is 13.8. The van der Waals surface area contributed by atoms with Gasteiger partial charge in [0.1, 0.15) is 6.61 Å². The maximum Gasteiger partial charge on any atom is 0.414 e. The van der Waals surface area contributed by atoms with Crippen molar-refractivity contribution < 1.29 is 9.53 Å². The Morgan fingerprint density at radius 3 is 1.41 bits per heavy atom. The fourth-order valence-corrected chi connectivity index (χ4v) is 3.83. The van der Waals surface area contributed by atoms with Crippen LogP contribution < -0.4 is 10.6 Å². The molecule has 5 heteroatoms. The molecule has 198 valence electrons. The molecule has 39 heavy (non-hydrogen) atoms. The average Bonchev–Trinajstić information content (AvgIpc) is 3.01. The fraction of sp³-hybridized carbons (Fsp3) is 0.0882. The first kappa shape index (κ1) is 29.2. The van der Waals surface area contributed by atoms with Gasteiger partial charge in [-0.3, -0.25) is 4.90 Å². The number of nitrogens with zero attached hydrogens (tertiary/aromatic N) is 1. The van der Waals surface area contributed by atoms with Crippen molar-refractivity contribution in [1.29, 1.82) is 0 Å². The van der Waals surface area contributed by atoms with Crippen LogP contribution >= 0.6 is 15.9 Å². The molecule has 0 aliphatic carbocycles. The molecule has 0 aliphatic rings. The Hall–Kier alpha value is -4.35. The number of amides is 1. The third-order valence-electron chi connectivity index (χ3n) is 5.47. The molecule has 0 bridgehead atoms. The minimum Gasteiger partial charge on any atom is -0.444 e. The summed E-state index contributed by atoms with van der Waals surface area (Å²) in [6.45, 7) is 0.732. The predicted octanol–water partition coefficient (Wildman–Crippen LogP) is 8.88. The molecule has 0 fully saturated rings. The standard InChI is InChI=1S/C21H19NO2.C7H7Br.C6H7N/c23-21(24-17-19-12-6-2-7-13-19)22(20-14-8-3-9-15-20)16-18-10-4-1-5-11-18;8-6-7-4-2-1-3-5-7;7-6-4-2-1-3-5-6/h1-15H,16-17H2;1-5H,6H2;1-5H,7H2. The topological polar surface area (TPSA) is 55.6 Å². The number of benzene rings is 5. The highest BCUT2D eigenvalue weighted by Gasteiger charge is 2.17. The average molecular weight is 582 g/mol. The number of carbonyl (C=O) groups excluding carboxylic acids is 1. The van der Waals surface area contributed by atoms with Crippen LogP contribution in [0.1, 0.15) is 16.7 Å². The molecule has 0 saturated heterocycles. The number of hydrogen-bond donors (Lipinski definition) is 1.